The highest BCUT2D eigenvalue weighted by Gasteiger charge is 2.33. The van der Waals surface area contributed by atoms with Crippen LogP contribution in [0.15, 0.2) is 0 Å². The number of carbonyl (C=O) groups excluding carboxylic acids is 2. The zero-order valence-corrected chi connectivity index (χ0v) is 12.3. The first-order valence-corrected chi connectivity index (χ1v) is 7.21. The minimum absolute atomic E-state index is 0. The molecule has 1 fully saturated rings. The summed E-state index contributed by atoms with van der Waals surface area (Å²) < 4.78 is 0. The Balaban J connectivity index is 0.00000289. The smallest absolute Gasteiger partial charge is 0.243 e. The summed E-state index contributed by atoms with van der Waals surface area (Å²) in [6, 6.07) is -0.295. The normalized spacial score (nSPS) is 18.3. The fourth-order valence-electron chi connectivity index (χ4n) is 1.69. The van der Waals surface area contributed by atoms with E-state index in [0.29, 0.717) is 31.1 Å². The van der Waals surface area contributed by atoms with Crippen molar-refractivity contribution in [3.63, 3.8) is 0 Å². The lowest BCUT2D eigenvalue weighted by Gasteiger charge is -2.22. The van der Waals surface area contributed by atoms with Gasteiger partial charge in [0, 0.05) is 18.7 Å². The summed E-state index contributed by atoms with van der Waals surface area (Å²) >= 11 is 1.63. The van der Waals surface area contributed by atoms with Crippen molar-refractivity contribution < 1.29 is 9.59 Å². The van der Waals surface area contributed by atoms with Crippen LogP contribution in [0, 0.1) is 0 Å². The van der Waals surface area contributed by atoms with Crippen LogP contribution in [0.25, 0.3) is 0 Å². The molecule has 1 saturated heterocycles. The van der Waals surface area contributed by atoms with Crippen LogP contribution in [-0.2, 0) is 9.59 Å². The maximum atomic E-state index is 11.9. The van der Waals surface area contributed by atoms with Gasteiger partial charge in [0.05, 0.1) is 5.88 Å². The number of nitrogens with one attached hydrogen (secondary N) is 1. The summed E-state index contributed by atoms with van der Waals surface area (Å²) in [6.45, 7) is 3.13. The zero-order chi connectivity index (χ0) is 12.7. The molecule has 0 spiro atoms. The van der Waals surface area contributed by atoms with Gasteiger partial charge >= 0.3 is 0 Å². The molecule has 0 aromatic rings. The van der Waals surface area contributed by atoms with Crippen LogP contribution in [0.1, 0.15) is 26.2 Å². The molecule has 0 aromatic heterocycles. The minimum Gasteiger partial charge on any atom is -0.354 e. The van der Waals surface area contributed by atoms with Crippen molar-refractivity contribution >= 4 is 36.0 Å². The average Bonchev–Trinajstić information content (AvgIpc) is 2.78. The molecule has 0 radical (unpaired) electrons. The Morgan fingerprint density at radius 1 is 1.50 bits per heavy atom. The lowest BCUT2D eigenvalue weighted by molar-refractivity contribution is -0.138. The lowest BCUT2D eigenvalue weighted by atomic mass is 10.2. The van der Waals surface area contributed by atoms with E-state index in [-0.39, 0.29) is 30.3 Å². The van der Waals surface area contributed by atoms with Crippen LogP contribution in [0.5, 0.6) is 0 Å². The number of nitrogens with zero attached hydrogens (tertiary/aromatic N) is 1. The van der Waals surface area contributed by atoms with E-state index in [9.17, 15) is 9.59 Å². The minimum atomic E-state index is -0.295. The van der Waals surface area contributed by atoms with E-state index in [4.69, 9.17) is 5.73 Å². The Bertz CT molecular complexity index is 279. The van der Waals surface area contributed by atoms with Crippen LogP contribution in [0.4, 0.5) is 0 Å². The number of rotatable bonds is 6. The van der Waals surface area contributed by atoms with E-state index in [1.807, 2.05) is 6.92 Å². The summed E-state index contributed by atoms with van der Waals surface area (Å²) in [7, 11) is 0. The molecular weight excluding hydrogens is 274 g/mol. The van der Waals surface area contributed by atoms with Crippen LogP contribution in [0.3, 0.4) is 0 Å². The number of hydrogen-bond acceptors (Lipinski definition) is 4. The summed E-state index contributed by atoms with van der Waals surface area (Å²) in [5.41, 5.74) is 5.36. The van der Waals surface area contributed by atoms with Gasteiger partial charge in [0.1, 0.15) is 6.04 Å². The van der Waals surface area contributed by atoms with E-state index >= 15 is 0 Å². The van der Waals surface area contributed by atoms with Crippen LogP contribution < -0.4 is 11.1 Å². The second kappa shape index (κ2) is 9.47. The number of amides is 2. The van der Waals surface area contributed by atoms with Crippen molar-refractivity contribution in [3.05, 3.63) is 0 Å². The van der Waals surface area contributed by atoms with Gasteiger partial charge < -0.3 is 16.0 Å². The molecule has 0 aromatic carbocycles. The molecule has 2 amide bonds. The molecule has 1 aliphatic rings. The van der Waals surface area contributed by atoms with Crippen molar-refractivity contribution in [2.45, 2.75) is 32.2 Å². The van der Waals surface area contributed by atoms with Crippen molar-refractivity contribution in [1.29, 1.82) is 0 Å². The molecule has 7 heteroatoms. The summed E-state index contributed by atoms with van der Waals surface area (Å²) in [5, 5.41) is 2.83. The molecule has 0 saturated carbocycles. The van der Waals surface area contributed by atoms with Crippen molar-refractivity contribution in [2.24, 2.45) is 5.73 Å². The first kappa shape index (κ1) is 17.5. The van der Waals surface area contributed by atoms with Gasteiger partial charge in [-0.2, -0.15) is 0 Å². The monoisotopic (exact) mass is 295 g/mol. The number of thioether (sulfide) groups is 1. The molecule has 0 bridgehead atoms. The SMILES string of the molecule is CCCC(=O)N1CSCC1C(=O)NCCCN.Cl. The van der Waals surface area contributed by atoms with E-state index < -0.39 is 0 Å². The van der Waals surface area contributed by atoms with Gasteiger partial charge in [-0.05, 0) is 19.4 Å². The molecule has 18 heavy (non-hydrogen) atoms. The van der Waals surface area contributed by atoms with Crippen LogP contribution in [0.2, 0.25) is 0 Å². The largest absolute Gasteiger partial charge is 0.354 e. The Kier molecular flexibility index (Phi) is 9.23. The van der Waals surface area contributed by atoms with Gasteiger partial charge in [0.15, 0.2) is 0 Å². The maximum Gasteiger partial charge on any atom is 0.243 e. The van der Waals surface area contributed by atoms with E-state index in [2.05, 4.69) is 5.32 Å². The predicted molar refractivity (Wildman–Crippen MR) is 76.8 cm³/mol. The first-order chi connectivity index (χ1) is 8.20. The topological polar surface area (TPSA) is 75.4 Å². The Morgan fingerprint density at radius 3 is 2.83 bits per heavy atom. The zero-order valence-electron chi connectivity index (χ0n) is 10.7. The quantitative estimate of drug-likeness (QED) is 0.703. The highest BCUT2D eigenvalue weighted by Crippen LogP contribution is 2.22. The third-order valence-corrected chi connectivity index (χ3v) is 3.66. The molecule has 0 aliphatic carbocycles. The molecule has 3 N–H and O–H groups in total. The number of carbonyl (C=O) groups is 2. The highest BCUT2D eigenvalue weighted by atomic mass is 35.5. The molecule has 1 aliphatic heterocycles. The highest BCUT2D eigenvalue weighted by molar-refractivity contribution is 7.99. The van der Waals surface area contributed by atoms with Gasteiger partial charge in [0.2, 0.25) is 11.8 Å². The maximum absolute atomic E-state index is 11.9. The number of nitrogens with two attached hydrogens (primary N) is 1. The Morgan fingerprint density at radius 2 is 2.22 bits per heavy atom. The average molecular weight is 296 g/mol. The van der Waals surface area contributed by atoms with Crippen molar-refractivity contribution in [1.82, 2.24) is 10.2 Å². The molecule has 1 heterocycles. The third-order valence-electron chi connectivity index (χ3n) is 2.65. The van der Waals surface area contributed by atoms with Crippen molar-refractivity contribution in [2.75, 3.05) is 24.7 Å². The fourth-order valence-corrected chi connectivity index (χ4v) is 2.88. The van der Waals surface area contributed by atoms with E-state index in [1.54, 1.807) is 16.7 Å². The standard InChI is InChI=1S/C11H21N3O2S.ClH/c1-2-4-10(15)14-8-17-7-9(14)11(16)13-6-3-5-12;/h9H,2-8,12H2,1H3,(H,13,16);1H. The molecular formula is C11H22ClN3O2S. The lowest BCUT2D eigenvalue weighted by Crippen LogP contribution is -2.47. The number of halogens is 1. The van der Waals surface area contributed by atoms with Crippen LogP contribution in [-0.4, -0.2) is 47.5 Å². The first-order valence-electron chi connectivity index (χ1n) is 6.05. The number of hydrogen-bond donors (Lipinski definition) is 2. The molecule has 106 valence electrons. The second-order valence-corrected chi connectivity index (χ2v) is 5.06. The van der Waals surface area contributed by atoms with Gasteiger partial charge in [-0.3, -0.25) is 9.59 Å². The third kappa shape index (κ3) is 5.04. The van der Waals surface area contributed by atoms with Gasteiger partial charge in [-0.25, -0.2) is 0 Å². The van der Waals surface area contributed by atoms with E-state index in [1.165, 1.54) is 0 Å². The van der Waals surface area contributed by atoms with Gasteiger partial charge in [-0.1, -0.05) is 6.92 Å². The van der Waals surface area contributed by atoms with Gasteiger partial charge in [-0.15, -0.1) is 24.2 Å². The fraction of sp³-hybridized carbons (Fsp3) is 0.818. The van der Waals surface area contributed by atoms with Crippen molar-refractivity contribution in [3.8, 4) is 0 Å². The summed E-state index contributed by atoms with van der Waals surface area (Å²) in [4.78, 5) is 25.4. The molecule has 1 rings (SSSR count). The summed E-state index contributed by atoms with van der Waals surface area (Å²) in [6.07, 6.45) is 2.11. The molecule has 5 nitrogen and oxygen atoms in total. The Hall–Kier alpha value is -0.460. The second-order valence-electron chi connectivity index (χ2n) is 4.06. The molecule has 1 unspecified atom stereocenters. The van der Waals surface area contributed by atoms with Gasteiger partial charge in [0.25, 0.3) is 0 Å². The predicted octanol–water partition coefficient (Wildman–Crippen LogP) is 0.575. The molecule has 1 atom stereocenters. The van der Waals surface area contributed by atoms with E-state index in [0.717, 1.165) is 12.8 Å². The Labute approximate surface area is 119 Å². The summed E-state index contributed by atoms with van der Waals surface area (Å²) in [5.74, 6) is 1.36. The van der Waals surface area contributed by atoms with Crippen LogP contribution >= 0.6 is 24.2 Å².